The van der Waals surface area contributed by atoms with E-state index in [0.29, 0.717) is 0 Å². The minimum absolute atomic E-state index is 0.0609. The molecule has 33 heavy (non-hydrogen) atoms. The maximum atomic E-state index is 13.2. The van der Waals surface area contributed by atoms with Gasteiger partial charge in [-0.2, -0.15) is 0 Å². The van der Waals surface area contributed by atoms with E-state index in [-0.39, 0.29) is 38.6 Å². The molecule has 0 saturated carbocycles. The summed E-state index contributed by atoms with van der Waals surface area (Å²) in [6.45, 7) is 1.84. The molecule has 0 aromatic heterocycles. The Morgan fingerprint density at radius 1 is 0.788 bits per heavy atom. The normalized spacial score (nSPS) is 19.4. The first-order valence-electron chi connectivity index (χ1n) is 9.77. The van der Waals surface area contributed by atoms with Gasteiger partial charge in [0.05, 0.1) is 9.79 Å². The number of rotatable bonds is 5. The van der Waals surface area contributed by atoms with Gasteiger partial charge in [-0.05, 0) is 43.3 Å². The number of nitrogens with one attached hydrogen (secondary N) is 1. The van der Waals surface area contributed by atoms with Gasteiger partial charge in [0.25, 0.3) is 0 Å². The smallest absolute Gasteiger partial charge is 0.238 e. The largest absolute Gasteiger partial charge is 0.369 e. The predicted octanol–water partition coefficient (Wildman–Crippen LogP) is 0.131. The van der Waals surface area contributed by atoms with Gasteiger partial charge in [0.1, 0.15) is 0 Å². The first kappa shape index (κ1) is 22.2. The van der Waals surface area contributed by atoms with Crippen molar-refractivity contribution >= 4 is 44.8 Å². The molecule has 0 radical (unpaired) electrons. The summed E-state index contributed by atoms with van der Waals surface area (Å²) in [5, 5.41) is 2.41. The summed E-state index contributed by atoms with van der Waals surface area (Å²) in [7, 11) is -4.29. The van der Waals surface area contributed by atoms with Crippen molar-refractivity contribution < 1.29 is 37.2 Å². The van der Waals surface area contributed by atoms with Gasteiger partial charge in [-0.1, -0.05) is 0 Å². The number of primary amides is 1. The number of carbonyl (C=O) groups is 6. The van der Waals surface area contributed by atoms with Crippen molar-refractivity contribution in [3.05, 3.63) is 58.7 Å². The second-order valence-electron chi connectivity index (χ2n) is 7.54. The monoisotopic (exact) mass is 468 g/mol. The number of benzene rings is 2. The van der Waals surface area contributed by atoms with Crippen LogP contribution in [0.1, 0.15) is 48.4 Å². The van der Waals surface area contributed by atoms with Crippen molar-refractivity contribution in [1.29, 1.82) is 0 Å². The highest BCUT2D eigenvalue weighted by Gasteiger charge is 2.45. The molecular formula is C22H16N2O8S. The van der Waals surface area contributed by atoms with Crippen molar-refractivity contribution in [3.8, 4) is 0 Å². The third-order valence-electron chi connectivity index (χ3n) is 5.61. The molecular weight excluding hydrogens is 452 g/mol. The number of fused-ring (bicyclic) bond motifs is 2. The molecule has 0 spiro atoms. The molecule has 0 aliphatic heterocycles. The van der Waals surface area contributed by atoms with Crippen molar-refractivity contribution in [2.75, 3.05) is 6.54 Å². The molecule has 4 rings (SSSR count). The van der Waals surface area contributed by atoms with E-state index < -0.39 is 56.6 Å². The van der Waals surface area contributed by atoms with E-state index in [1.54, 1.807) is 6.92 Å². The average molecular weight is 468 g/mol. The van der Waals surface area contributed by atoms with Crippen LogP contribution < -0.4 is 11.1 Å². The number of hydrogen-bond donors (Lipinski definition) is 2. The summed E-state index contributed by atoms with van der Waals surface area (Å²) >= 11 is 0. The lowest BCUT2D eigenvalue weighted by atomic mass is 10.0. The molecule has 168 valence electrons. The van der Waals surface area contributed by atoms with Crippen LogP contribution in [-0.4, -0.2) is 49.9 Å². The fourth-order valence-corrected chi connectivity index (χ4v) is 5.30. The molecule has 2 aliphatic carbocycles. The van der Waals surface area contributed by atoms with Gasteiger partial charge in [-0.15, -0.1) is 0 Å². The van der Waals surface area contributed by atoms with E-state index in [2.05, 4.69) is 5.32 Å². The molecule has 2 unspecified atom stereocenters. The molecule has 0 heterocycles. The first-order chi connectivity index (χ1) is 15.5. The van der Waals surface area contributed by atoms with E-state index in [0.717, 1.165) is 36.4 Å². The fraction of sp³-hybridized carbons (Fsp3) is 0.182. The Hall–Kier alpha value is -3.99. The van der Waals surface area contributed by atoms with Crippen molar-refractivity contribution in [2.24, 2.45) is 17.6 Å². The quantitative estimate of drug-likeness (QED) is 0.582. The highest BCUT2D eigenvalue weighted by molar-refractivity contribution is 7.91. The number of nitrogens with two attached hydrogens (primary N) is 1. The molecule has 11 heteroatoms. The van der Waals surface area contributed by atoms with Crippen LogP contribution in [0.2, 0.25) is 0 Å². The van der Waals surface area contributed by atoms with E-state index in [1.807, 2.05) is 0 Å². The van der Waals surface area contributed by atoms with Crippen molar-refractivity contribution in [2.45, 2.75) is 16.7 Å². The molecule has 2 amide bonds. The zero-order valence-corrected chi connectivity index (χ0v) is 17.9. The first-order valence-corrected chi connectivity index (χ1v) is 11.3. The number of hydrogen-bond acceptors (Lipinski definition) is 8. The molecule has 0 saturated heterocycles. The zero-order valence-electron chi connectivity index (χ0n) is 17.1. The lowest BCUT2D eigenvalue weighted by Gasteiger charge is -2.08. The van der Waals surface area contributed by atoms with Crippen LogP contribution in [0.25, 0.3) is 0 Å². The summed E-state index contributed by atoms with van der Waals surface area (Å²) in [6.07, 6.45) is 0. The third kappa shape index (κ3) is 3.20. The molecule has 2 aliphatic rings. The van der Waals surface area contributed by atoms with E-state index >= 15 is 0 Å². The molecule has 10 nitrogen and oxygen atoms in total. The van der Waals surface area contributed by atoms with Crippen LogP contribution in [0.15, 0.2) is 46.2 Å². The molecule has 2 aromatic rings. The average Bonchev–Trinajstić information content (AvgIpc) is 3.17. The topological polar surface area (TPSA) is 175 Å². The second-order valence-corrected chi connectivity index (χ2v) is 9.49. The summed E-state index contributed by atoms with van der Waals surface area (Å²) in [4.78, 5) is 72.7. The minimum Gasteiger partial charge on any atom is -0.369 e. The Labute approximate surface area is 187 Å². The molecule has 2 aromatic carbocycles. The van der Waals surface area contributed by atoms with Crippen molar-refractivity contribution in [1.82, 2.24) is 5.32 Å². The van der Waals surface area contributed by atoms with Crippen LogP contribution in [0.3, 0.4) is 0 Å². The Bertz CT molecular complexity index is 1420. The van der Waals surface area contributed by atoms with Crippen LogP contribution in [0.4, 0.5) is 0 Å². The Morgan fingerprint density at radius 3 is 1.67 bits per heavy atom. The number of amides is 2. The van der Waals surface area contributed by atoms with E-state index in [4.69, 9.17) is 5.73 Å². The van der Waals surface area contributed by atoms with Gasteiger partial charge >= 0.3 is 0 Å². The number of ketones is 4. The summed E-state index contributed by atoms with van der Waals surface area (Å²) in [6, 6.07) is 6.49. The van der Waals surface area contributed by atoms with E-state index in [1.165, 1.54) is 0 Å². The molecule has 2 atom stereocenters. The van der Waals surface area contributed by atoms with Crippen LogP contribution >= 0.6 is 0 Å². The number of carbonyl (C=O) groups excluding carboxylic acids is 6. The van der Waals surface area contributed by atoms with Crippen LogP contribution in [-0.2, 0) is 19.4 Å². The Kier molecular flexibility index (Phi) is 5.08. The highest BCUT2D eigenvalue weighted by atomic mass is 32.2. The van der Waals surface area contributed by atoms with E-state index in [9.17, 15) is 37.2 Å². The Morgan fingerprint density at radius 2 is 1.21 bits per heavy atom. The lowest BCUT2D eigenvalue weighted by Crippen LogP contribution is -2.36. The zero-order chi connectivity index (χ0) is 24.2. The molecule has 3 N–H and O–H groups in total. The SMILES string of the molecule is CCNC(=O)C1C(=O)c2ccc(S(=O)(=O)c3ccc4c(c3)C(=O)C(C(N)=O)C4=O)cc2C1=O. The predicted molar refractivity (Wildman–Crippen MR) is 111 cm³/mol. The third-order valence-corrected chi connectivity index (χ3v) is 7.36. The summed E-state index contributed by atoms with van der Waals surface area (Å²) in [5.41, 5.74) is 4.51. The molecule has 0 bridgehead atoms. The maximum Gasteiger partial charge on any atom is 0.238 e. The van der Waals surface area contributed by atoms with Gasteiger partial charge in [-0.25, -0.2) is 8.42 Å². The number of sulfone groups is 1. The molecule has 0 fully saturated rings. The maximum absolute atomic E-state index is 13.2. The van der Waals surface area contributed by atoms with Gasteiger partial charge in [0, 0.05) is 28.8 Å². The lowest BCUT2D eigenvalue weighted by molar-refractivity contribution is -0.122. The Balaban J connectivity index is 1.75. The van der Waals surface area contributed by atoms with Gasteiger partial charge < -0.3 is 11.1 Å². The van der Waals surface area contributed by atoms with Crippen LogP contribution in [0, 0.1) is 11.8 Å². The number of Topliss-reactive ketones (excluding diaryl/α,β-unsaturated/α-hetero) is 4. The summed E-state index contributed by atoms with van der Waals surface area (Å²) < 4.78 is 26.4. The second kappa shape index (κ2) is 7.55. The highest BCUT2D eigenvalue weighted by Crippen LogP contribution is 2.33. The fourth-order valence-electron chi connectivity index (χ4n) is 3.99. The van der Waals surface area contributed by atoms with Crippen LogP contribution in [0.5, 0.6) is 0 Å². The summed E-state index contributed by atoms with van der Waals surface area (Å²) in [5.74, 6) is -8.39. The standard InChI is InChI=1S/C22H16N2O8S/c1-2-24-22(30)16-18(26)12-6-4-10(8-14(12)20(16)28)33(31,32)9-3-5-11-13(7-9)19(27)15(17(11)25)21(23)29/h3-8,15-16H,2H2,1H3,(H2,23,29)(H,24,30). The van der Waals surface area contributed by atoms with Gasteiger partial charge in [0.2, 0.25) is 21.7 Å². The van der Waals surface area contributed by atoms with Gasteiger partial charge in [0.15, 0.2) is 35.0 Å². The minimum atomic E-state index is -4.29. The van der Waals surface area contributed by atoms with Gasteiger partial charge in [-0.3, -0.25) is 28.8 Å². The van der Waals surface area contributed by atoms with Crippen molar-refractivity contribution in [3.63, 3.8) is 0 Å².